The molecule has 0 saturated carbocycles. The summed E-state index contributed by atoms with van der Waals surface area (Å²) in [7, 11) is 3.85. The molecule has 0 aliphatic rings. The molecule has 0 aliphatic carbocycles. The molecule has 78 valence electrons. The first-order chi connectivity index (χ1) is 5.04. The average Bonchev–Trinajstić information content (AvgIpc) is 1.89. The van der Waals surface area contributed by atoms with E-state index in [0.29, 0.717) is 6.42 Å². The van der Waals surface area contributed by atoms with Gasteiger partial charge in [0.15, 0.2) is 0 Å². The summed E-state index contributed by atoms with van der Waals surface area (Å²) in [5.41, 5.74) is 4.85. The van der Waals surface area contributed by atoms with Gasteiger partial charge in [0, 0.05) is 6.54 Å². The molecule has 0 aromatic heterocycles. The second-order valence-electron chi connectivity index (χ2n) is 2.50. The Morgan fingerprint density at radius 2 is 1.75 bits per heavy atom. The van der Waals surface area contributed by atoms with Gasteiger partial charge in [0.2, 0.25) is 0 Å². The van der Waals surface area contributed by atoms with E-state index in [4.69, 9.17) is 15.9 Å². The lowest BCUT2D eigenvalue weighted by Gasteiger charge is -2.03. The molecular formula is C7H22N2O3. The van der Waals surface area contributed by atoms with Crippen LogP contribution in [0.25, 0.3) is 0 Å². The highest BCUT2D eigenvalue weighted by Crippen LogP contribution is 1.72. The van der Waals surface area contributed by atoms with Crippen molar-refractivity contribution in [3.8, 4) is 0 Å². The van der Waals surface area contributed by atoms with E-state index in [1.165, 1.54) is 0 Å². The maximum absolute atomic E-state index is 8.20. The number of nitrogens with two attached hydrogens (primary N) is 1. The number of aliphatic hydroxyl groups is 2. The second-order valence-corrected chi connectivity index (χ2v) is 2.50. The monoisotopic (exact) mass is 182 g/mol. The number of nitrogens with zero attached hydrogens (tertiary/aromatic N) is 1. The van der Waals surface area contributed by atoms with E-state index in [2.05, 4.69) is 0 Å². The Bertz CT molecular complexity index is 69.7. The predicted octanol–water partition coefficient (Wildman–Crippen LogP) is -1.61. The molecule has 5 heteroatoms. The summed E-state index contributed by atoms with van der Waals surface area (Å²) in [6.45, 7) is 2.84. The molecule has 0 amide bonds. The fraction of sp³-hybridized carbons (Fsp3) is 1.00. The summed E-state index contributed by atoms with van der Waals surface area (Å²) in [6.07, 6.45) is 0.0231. The van der Waals surface area contributed by atoms with Gasteiger partial charge >= 0.3 is 0 Å². The summed E-state index contributed by atoms with van der Waals surface area (Å²) in [5, 5.41) is 16.3. The molecule has 0 saturated heterocycles. The van der Waals surface area contributed by atoms with Gasteiger partial charge in [-0.15, -0.1) is 0 Å². The van der Waals surface area contributed by atoms with Crippen molar-refractivity contribution in [3.63, 3.8) is 0 Å². The van der Waals surface area contributed by atoms with Crippen molar-refractivity contribution in [3.05, 3.63) is 0 Å². The Morgan fingerprint density at radius 1 is 1.42 bits per heavy atom. The van der Waals surface area contributed by atoms with Crippen LogP contribution in [0.4, 0.5) is 0 Å². The topological polar surface area (TPSA) is 101 Å². The molecule has 0 aromatic rings. The van der Waals surface area contributed by atoms with Crippen molar-refractivity contribution in [1.82, 2.24) is 4.90 Å². The lowest BCUT2D eigenvalue weighted by atomic mass is 10.5. The Hall–Kier alpha value is -0.200. The summed E-state index contributed by atoms with van der Waals surface area (Å²) < 4.78 is 0. The highest BCUT2D eigenvalue weighted by Gasteiger charge is 1.81. The van der Waals surface area contributed by atoms with Crippen LogP contribution in [0, 0.1) is 0 Å². The Kier molecular flexibility index (Phi) is 19.8. The normalized spacial score (nSPS) is 11.2. The summed E-state index contributed by atoms with van der Waals surface area (Å²) in [5.74, 6) is 0. The summed E-state index contributed by atoms with van der Waals surface area (Å²) in [6, 6.07) is 0. The van der Waals surface area contributed by atoms with Crippen molar-refractivity contribution in [2.45, 2.75) is 19.6 Å². The third kappa shape index (κ3) is 32.9. The zero-order valence-electron chi connectivity index (χ0n) is 8.12. The van der Waals surface area contributed by atoms with Crippen molar-refractivity contribution < 1.29 is 15.7 Å². The fourth-order valence-corrected chi connectivity index (χ4v) is 0.200. The van der Waals surface area contributed by atoms with Crippen molar-refractivity contribution in [2.24, 2.45) is 5.73 Å². The quantitative estimate of drug-likeness (QED) is 0.457. The number of hydrogen-bond acceptors (Lipinski definition) is 4. The van der Waals surface area contributed by atoms with Crippen LogP contribution in [-0.2, 0) is 0 Å². The van der Waals surface area contributed by atoms with E-state index < -0.39 is 6.23 Å². The van der Waals surface area contributed by atoms with Gasteiger partial charge in [0.05, 0.1) is 6.61 Å². The molecule has 0 aromatic carbocycles. The third-order valence-corrected chi connectivity index (χ3v) is 0.965. The zero-order chi connectivity index (χ0) is 9.28. The number of hydrogen-bond donors (Lipinski definition) is 3. The van der Waals surface area contributed by atoms with Gasteiger partial charge in [-0.05, 0) is 20.5 Å². The van der Waals surface area contributed by atoms with Crippen LogP contribution in [0.2, 0.25) is 0 Å². The van der Waals surface area contributed by atoms with Crippen LogP contribution in [0.15, 0.2) is 0 Å². The molecule has 6 N–H and O–H groups in total. The van der Waals surface area contributed by atoms with Gasteiger partial charge in [-0.25, -0.2) is 0 Å². The maximum Gasteiger partial charge on any atom is 0.102 e. The van der Waals surface area contributed by atoms with E-state index in [1.54, 1.807) is 0 Å². The number of aliphatic hydroxyl groups excluding tert-OH is 2. The highest BCUT2D eigenvalue weighted by atomic mass is 16.3. The molecule has 1 atom stereocenters. The predicted molar refractivity (Wildman–Crippen MR) is 49.7 cm³/mol. The molecule has 0 rings (SSSR count). The van der Waals surface area contributed by atoms with Crippen LogP contribution in [0.1, 0.15) is 13.3 Å². The van der Waals surface area contributed by atoms with Crippen LogP contribution < -0.4 is 5.73 Å². The van der Waals surface area contributed by atoms with Gasteiger partial charge < -0.3 is 26.3 Å². The van der Waals surface area contributed by atoms with Crippen LogP contribution in [0.3, 0.4) is 0 Å². The molecular weight excluding hydrogens is 160 g/mol. The van der Waals surface area contributed by atoms with Crippen molar-refractivity contribution >= 4 is 0 Å². The number of rotatable bonds is 3. The van der Waals surface area contributed by atoms with Crippen molar-refractivity contribution in [1.29, 1.82) is 0 Å². The Balaban J connectivity index is -0.000000126. The second kappa shape index (κ2) is 13.4. The summed E-state index contributed by atoms with van der Waals surface area (Å²) in [4.78, 5) is 1.93. The van der Waals surface area contributed by atoms with Gasteiger partial charge in [0.1, 0.15) is 6.23 Å². The van der Waals surface area contributed by atoms with Crippen LogP contribution >= 0.6 is 0 Å². The lowest BCUT2D eigenvalue weighted by molar-refractivity contribution is 0.178. The molecule has 0 fully saturated rings. The number of likely N-dealkylation sites (N-methyl/N-ethyl adjacent to an activating group) is 1. The van der Waals surface area contributed by atoms with E-state index >= 15 is 0 Å². The largest absolute Gasteiger partial charge is 0.412 e. The fourth-order valence-electron chi connectivity index (χ4n) is 0.200. The van der Waals surface area contributed by atoms with Crippen LogP contribution in [0.5, 0.6) is 0 Å². The van der Waals surface area contributed by atoms with E-state index in [9.17, 15) is 0 Å². The molecule has 0 radical (unpaired) electrons. The summed E-state index contributed by atoms with van der Waals surface area (Å²) >= 11 is 0. The molecule has 0 bridgehead atoms. The first kappa shape index (κ1) is 17.8. The van der Waals surface area contributed by atoms with Crippen LogP contribution in [-0.4, -0.2) is 54.1 Å². The molecule has 0 aliphatic heterocycles. The minimum Gasteiger partial charge on any atom is -0.412 e. The standard InChI is InChI=1S/C4H11NO.C3H9NO.H2O/c1-5(2)3-4-6;1-2-3(4)5;/h6H,3-4H2,1-2H3;3,5H,2,4H2,1H3;1H2. The SMILES string of the molecule is CCC(N)O.CN(C)CCO.O. The molecule has 1 unspecified atom stereocenters. The van der Waals surface area contributed by atoms with Crippen molar-refractivity contribution in [2.75, 3.05) is 27.2 Å². The van der Waals surface area contributed by atoms with Gasteiger partial charge in [-0.2, -0.15) is 0 Å². The maximum atomic E-state index is 8.20. The molecule has 0 spiro atoms. The van der Waals surface area contributed by atoms with E-state index in [-0.39, 0.29) is 12.1 Å². The highest BCUT2D eigenvalue weighted by molar-refractivity contribution is 4.34. The molecule has 0 heterocycles. The van der Waals surface area contributed by atoms with Gasteiger partial charge in [0.25, 0.3) is 0 Å². The first-order valence-electron chi connectivity index (χ1n) is 3.73. The minimum absolute atomic E-state index is 0. The van der Waals surface area contributed by atoms with E-state index in [1.807, 2.05) is 25.9 Å². The third-order valence-electron chi connectivity index (χ3n) is 0.965. The minimum atomic E-state index is -0.616. The Labute approximate surface area is 74.1 Å². The first-order valence-corrected chi connectivity index (χ1v) is 3.73. The van der Waals surface area contributed by atoms with Gasteiger partial charge in [-0.3, -0.25) is 0 Å². The van der Waals surface area contributed by atoms with E-state index in [0.717, 1.165) is 6.54 Å². The zero-order valence-corrected chi connectivity index (χ0v) is 8.12. The lowest BCUT2D eigenvalue weighted by Crippen LogP contribution is -2.16. The molecule has 5 nitrogen and oxygen atoms in total. The average molecular weight is 182 g/mol. The smallest absolute Gasteiger partial charge is 0.102 e. The Morgan fingerprint density at radius 3 is 1.75 bits per heavy atom. The van der Waals surface area contributed by atoms with Gasteiger partial charge in [-0.1, -0.05) is 6.92 Å². The molecule has 12 heavy (non-hydrogen) atoms.